The SMILES string of the molecule is O=C(N[C@H]1c2ncnn2CC[C@@]12CCN(C(=O)c1ccco1)C2)c1ccccc1. The zero-order chi connectivity index (χ0) is 19.8. The fourth-order valence-corrected chi connectivity index (χ4v) is 4.50. The molecule has 8 heteroatoms. The van der Waals surface area contributed by atoms with Crippen LogP contribution in [0, 0.1) is 5.41 Å². The highest BCUT2D eigenvalue weighted by atomic mass is 16.3. The van der Waals surface area contributed by atoms with Crippen LogP contribution in [0.25, 0.3) is 0 Å². The molecule has 0 bridgehead atoms. The van der Waals surface area contributed by atoms with E-state index in [1.807, 2.05) is 27.8 Å². The molecule has 2 atom stereocenters. The molecule has 2 aromatic heterocycles. The topological polar surface area (TPSA) is 93.3 Å². The van der Waals surface area contributed by atoms with Gasteiger partial charge in [0.15, 0.2) is 5.76 Å². The maximum atomic E-state index is 12.9. The number of carbonyl (C=O) groups excluding carboxylic acids is 2. The van der Waals surface area contributed by atoms with Gasteiger partial charge in [-0.15, -0.1) is 0 Å². The van der Waals surface area contributed by atoms with Gasteiger partial charge in [0.2, 0.25) is 0 Å². The highest BCUT2D eigenvalue weighted by Crippen LogP contribution is 2.47. The number of furan rings is 1. The molecule has 5 rings (SSSR count). The van der Waals surface area contributed by atoms with Gasteiger partial charge in [-0.3, -0.25) is 9.59 Å². The Bertz CT molecular complexity index is 1030. The van der Waals surface area contributed by atoms with Crippen molar-refractivity contribution >= 4 is 11.8 Å². The monoisotopic (exact) mass is 391 g/mol. The van der Waals surface area contributed by atoms with Gasteiger partial charge in [-0.25, -0.2) is 9.67 Å². The van der Waals surface area contributed by atoms with Crippen molar-refractivity contribution in [3.63, 3.8) is 0 Å². The minimum atomic E-state index is -0.319. The number of fused-ring (bicyclic) bond motifs is 1. The van der Waals surface area contributed by atoms with Gasteiger partial charge < -0.3 is 14.6 Å². The molecule has 29 heavy (non-hydrogen) atoms. The molecule has 8 nitrogen and oxygen atoms in total. The highest BCUT2D eigenvalue weighted by Gasteiger charge is 2.51. The standard InChI is InChI=1S/C21H21N5O3/c27-19(15-5-2-1-3-6-15)24-17-18-22-14-23-26(18)11-9-21(17)8-10-25(13-21)20(28)16-7-4-12-29-16/h1-7,12,14,17H,8-11,13H2,(H,24,27)/t17-,21+/m0/s1. The smallest absolute Gasteiger partial charge is 0.289 e. The van der Waals surface area contributed by atoms with E-state index in [-0.39, 0.29) is 23.3 Å². The predicted octanol–water partition coefficient (Wildman–Crippen LogP) is 2.28. The summed E-state index contributed by atoms with van der Waals surface area (Å²) in [5, 5.41) is 7.48. The van der Waals surface area contributed by atoms with Crippen LogP contribution in [0.1, 0.15) is 45.6 Å². The van der Waals surface area contributed by atoms with E-state index in [0.717, 1.165) is 25.2 Å². The lowest BCUT2D eigenvalue weighted by Gasteiger charge is -2.40. The number of aryl methyl sites for hydroxylation is 1. The summed E-state index contributed by atoms with van der Waals surface area (Å²) in [5.41, 5.74) is 0.316. The predicted molar refractivity (Wildman–Crippen MR) is 103 cm³/mol. The summed E-state index contributed by atoms with van der Waals surface area (Å²) < 4.78 is 7.13. The van der Waals surface area contributed by atoms with Gasteiger partial charge in [0.25, 0.3) is 11.8 Å². The summed E-state index contributed by atoms with van der Waals surface area (Å²) in [4.78, 5) is 32.0. The minimum Gasteiger partial charge on any atom is -0.459 e. The average Bonchev–Trinajstić information content (AvgIpc) is 3.52. The Kier molecular flexibility index (Phi) is 4.19. The molecule has 0 radical (unpaired) electrons. The Morgan fingerprint density at radius 2 is 1.93 bits per heavy atom. The van der Waals surface area contributed by atoms with E-state index in [0.29, 0.717) is 24.4 Å². The third kappa shape index (κ3) is 3.00. The number of nitrogens with one attached hydrogen (secondary N) is 1. The van der Waals surface area contributed by atoms with Crippen molar-refractivity contribution in [3.05, 3.63) is 72.2 Å². The molecule has 1 spiro atoms. The molecule has 1 N–H and O–H groups in total. The minimum absolute atomic E-state index is 0.118. The van der Waals surface area contributed by atoms with Gasteiger partial charge in [0.05, 0.1) is 12.3 Å². The van der Waals surface area contributed by atoms with E-state index >= 15 is 0 Å². The third-order valence-electron chi connectivity index (χ3n) is 6.05. The van der Waals surface area contributed by atoms with Crippen LogP contribution in [0.15, 0.2) is 59.5 Å². The Hall–Kier alpha value is -3.42. The number of hydrogen-bond acceptors (Lipinski definition) is 5. The number of aromatic nitrogens is 3. The summed E-state index contributed by atoms with van der Waals surface area (Å²) in [6.07, 6.45) is 4.62. The summed E-state index contributed by atoms with van der Waals surface area (Å²) >= 11 is 0. The third-order valence-corrected chi connectivity index (χ3v) is 6.05. The van der Waals surface area contributed by atoms with E-state index in [9.17, 15) is 9.59 Å². The van der Waals surface area contributed by atoms with Crippen LogP contribution in [0.2, 0.25) is 0 Å². The summed E-state index contributed by atoms with van der Waals surface area (Å²) in [7, 11) is 0. The van der Waals surface area contributed by atoms with Crippen LogP contribution in [-0.2, 0) is 6.54 Å². The second kappa shape index (κ2) is 6.88. The molecule has 2 aliphatic heterocycles. The molecular weight excluding hydrogens is 370 g/mol. The first-order chi connectivity index (χ1) is 14.2. The lowest BCUT2D eigenvalue weighted by Crippen LogP contribution is -2.48. The molecule has 0 aliphatic carbocycles. The molecule has 2 aliphatic rings. The van der Waals surface area contributed by atoms with E-state index in [1.165, 1.54) is 12.6 Å². The first-order valence-electron chi connectivity index (χ1n) is 9.73. The molecule has 0 saturated carbocycles. The van der Waals surface area contributed by atoms with Crippen LogP contribution >= 0.6 is 0 Å². The molecule has 3 aromatic rings. The molecule has 1 saturated heterocycles. The number of amides is 2. The molecule has 2 amide bonds. The maximum absolute atomic E-state index is 12.9. The second-order valence-corrected chi connectivity index (χ2v) is 7.68. The van der Waals surface area contributed by atoms with Crippen molar-refractivity contribution < 1.29 is 14.0 Å². The lowest BCUT2D eigenvalue weighted by atomic mass is 9.74. The number of rotatable bonds is 3. The number of benzene rings is 1. The van der Waals surface area contributed by atoms with Crippen molar-refractivity contribution in [3.8, 4) is 0 Å². The van der Waals surface area contributed by atoms with E-state index in [1.54, 1.807) is 24.3 Å². The zero-order valence-electron chi connectivity index (χ0n) is 15.8. The number of likely N-dealkylation sites (tertiary alicyclic amines) is 1. The van der Waals surface area contributed by atoms with Crippen molar-refractivity contribution in [1.29, 1.82) is 0 Å². The van der Waals surface area contributed by atoms with Gasteiger partial charge in [-0.1, -0.05) is 18.2 Å². The second-order valence-electron chi connectivity index (χ2n) is 7.68. The maximum Gasteiger partial charge on any atom is 0.289 e. The van der Waals surface area contributed by atoms with Gasteiger partial charge >= 0.3 is 0 Å². The fourth-order valence-electron chi connectivity index (χ4n) is 4.50. The van der Waals surface area contributed by atoms with Crippen LogP contribution in [0.5, 0.6) is 0 Å². The van der Waals surface area contributed by atoms with Gasteiger partial charge in [0, 0.05) is 30.6 Å². The Morgan fingerprint density at radius 3 is 2.72 bits per heavy atom. The number of carbonyl (C=O) groups is 2. The molecule has 148 valence electrons. The largest absolute Gasteiger partial charge is 0.459 e. The van der Waals surface area contributed by atoms with Gasteiger partial charge in [0.1, 0.15) is 12.2 Å². The fraction of sp³-hybridized carbons (Fsp3) is 0.333. The summed E-state index contributed by atoms with van der Waals surface area (Å²) in [6.45, 7) is 1.88. The first kappa shape index (κ1) is 17.7. The van der Waals surface area contributed by atoms with Crippen LogP contribution < -0.4 is 5.32 Å². The normalized spacial score (nSPS) is 23.2. The Labute approximate surface area is 167 Å². The average molecular weight is 391 g/mol. The lowest BCUT2D eigenvalue weighted by molar-refractivity contribution is 0.0678. The summed E-state index contributed by atoms with van der Waals surface area (Å²) in [6, 6.07) is 12.2. The molecule has 1 aromatic carbocycles. The Balaban J connectivity index is 1.44. The van der Waals surface area contributed by atoms with Crippen LogP contribution in [0.4, 0.5) is 0 Å². The van der Waals surface area contributed by atoms with Crippen LogP contribution in [-0.4, -0.2) is 44.6 Å². The Morgan fingerprint density at radius 1 is 1.10 bits per heavy atom. The van der Waals surface area contributed by atoms with Crippen molar-refractivity contribution in [2.24, 2.45) is 5.41 Å². The first-order valence-corrected chi connectivity index (χ1v) is 9.73. The molecule has 1 fully saturated rings. The van der Waals surface area contributed by atoms with E-state index in [4.69, 9.17) is 4.42 Å². The van der Waals surface area contributed by atoms with Crippen molar-refractivity contribution in [2.45, 2.75) is 25.4 Å². The molecule has 4 heterocycles. The molecule has 0 unspecified atom stereocenters. The molecular formula is C21H21N5O3. The van der Waals surface area contributed by atoms with Gasteiger partial charge in [-0.05, 0) is 37.1 Å². The van der Waals surface area contributed by atoms with Crippen molar-refractivity contribution in [1.82, 2.24) is 25.0 Å². The highest BCUT2D eigenvalue weighted by molar-refractivity contribution is 5.94. The van der Waals surface area contributed by atoms with Gasteiger partial charge in [-0.2, -0.15) is 5.10 Å². The van der Waals surface area contributed by atoms with E-state index in [2.05, 4.69) is 15.4 Å². The van der Waals surface area contributed by atoms with E-state index < -0.39 is 0 Å². The van der Waals surface area contributed by atoms with Crippen molar-refractivity contribution in [2.75, 3.05) is 13.1 Å². The quantitative estimate of drug-likeness (QED) is 0.739. The summed E-state index contributed by atoms with van der Waals surface area (Å²) in [5.74, 6) is 0.813. The zero-order valence-corrected chi connectivity index (χ0v) is 15.8. The van der Waals surface area contributed by atoms with Crippen LogP contribution in [0.3, 0.4) is 0 Å². The number of hydrogen-bond donors (Lipinski definition) is 1. The number of nitrogens with zero attached hydrogens (tertiary/aromatic N) is 4.